The summed E-state index contributed by atoms with van der Waals surface area (Å²) in [5, 5.41) is 6.37. The second-order valence-electron chi connectivity index (χ2n) is 4.30. The molecule has 0 saturated heterocycles. The highest BCUT2D eigenvalue weighted by Gasteiger charge is 2.38. The van der Waals surface area contributed by atoms with E-state index in [4.69, 9.17) is 0 Å². The summed E-state index contributed by atoms with van der Waals surface area (Å²) in [4.78, 5) is 7.37. The molecule has 19 heavy (non-hydrogen) atoms. The first-order chi connectivity index (χ1) is 9.04. The van der Waals surface area contributed by atoms with Gasteiger partial charge in [-0.15, -0.1) is 5.10 Å². The van der Waals surface area contributed by atoms with Crippen molar-refractivity contribution in [1.29, 1.82) is 0 Å². The summed E-state index contributed by atoms with van der Waals surface area (Å²) in [6.07, 6.45) is -1.20. The minimum atomic E-state index is -4.52. The Morgan fingerprint density at radius 1 is 1.26 bits per heavy atom. The number of hydrogen-bond acceptors (Lipinski definition) is 4. The maximum atomic E-state index is 12.5. The van der Waals surface area contributed by atoms with Gasteiger partial charge in [0, 0.05) is 24.9 Å². The van der Waals surface area contributed by atoms with E-state index in [2.05, 4.69) is 20.4 Å². The highest BCUT2D eigenvalue weighted by Crippen LogP contribution is 2.30. The Balaban J connectivity index is 1.86. The number of nitrogens with one attached hydrogen (secondary N) is 1. The molecule has 0 aromatic carbocycles. The molecule has 0 amide bonds. The van der Waals surface area contributed by atoms with Crippen LogP contribution in [-0.4, -0.2) is 26.3 Å². The SMILES string of the molecule is FC(F)(F)c1nc2n(n1)CC(c1ccncc1)CN2. The summed E-state index contributed by atoms with van der Waals surface area (Å²) in [5.41, 5.74) is 1.01. The predicted molar refractivity (Wildman–Crippen MR) is 60.5 cm³/mol. The van der Waals surface area contributed by atoms with Crippen LogP contribution in [0.2, 0.25) is 0 Å². The van der Waals surface area contributed by atoms with E-state index in [-0.39, 0.29) is 11.9 Å². The van der Waals surface area contributed by atoms with Gasteiger partial charge < -0.3 is 5.32 Å². The molecule has 1 N–H and O–H groups in total. The summed E-state index contributed by atoms with van der Waals surface area (Å²) in [7, 11) is 0. The second-order valence-corrected chi connectivity index (χ2v) is 4.30. The minimum Gasteiger partial charge on any atom is -0.354 e. The van der Waals surface area contributed by atoms with Crippen LogP contribution in [0.4, 0.5) is 19.1 Å². The van der Waals surface area contributed by atoms with Crippen molar-refractivity contribution >= 4 is 5.95 Å². The Morgan fingerprint density at radius 2 is 2.00 bits per heavy atom. The van der Waals surface area contributed by atoms with E-state index in [1.807, 2.05) is 12.1 Å². The molecule has 1 aliphatic rings. The Bertz CT molecular complexity index is 578. The van der Waals surface area contributed by atoms with Crippen LogP contribution in [0.25, 0.3) is 0 Å². The highest BCUT2D eigenvalue weighted by atomic mass is 19.4. The lowest BCUT2D eigenvalue weighted by Crippen LogP contribution is -2.26. The lowest BCUT2D eigenvalue weighted by molar-refractivity contribution is -0.144. The van der Waals surface area contributed by atoms with Crippen LogP contribution in [0.15, 0.2) is 24.5 Å². The monoisotopic (exact) mass is 269 g/mol. The lowest BCUT2D eigenvalue weighted by atomic mass is 9.99. The number of aromatic nitrogens is 4. The number of halogens is 3. The van der Waals surface area contributed by atoms with Gasteiger partial charge in [-0.3, -0.25) is 4.98 Å². The van der Waals surface area contributed by atoms with Crippen LogP contribution < -0.4 is 5.32 Å². The summed E-state index contributed by atoms with van der Waals surface area (Å²) in [6.45, 7) is 0.898. The first-order valence-corrected chi connectivity index (χ1v) is 5.70. The van der Waals surface area contributed by atoms with Crippen LogP contribution in [-0.2, 0) is 12.7 Å². The average molecular weight is 269 g/mol. The van der Waals surface area contributed by atoms with E-state index in [1.165, 1.54) is 4.68 Å². The van der Waals surface area contributed by atoms with Gasteiger partial charge >= 0.3 is 6.18 Å². The first kappa shape index (κ1) is 11.9. The minimum absolute atomic E-state index is 0.0540. The maximum Gasteiger partial charge on any atom is 0.453 e. The molecule has 3 rings (SSSR count). The van der Waals surface area contributed by atoms with Crippen molar-refractivity contribution in [1.82, 2.24) is 19.7 Å². The fourth-order valence-electron chi connectivity index (χ4n) is 2.07. The number of alkyl halides is 3. The topological polar surface area (TPSA) is 55.6 Å². The Morgan fingerprint density at radius 3 is 2.68 bits per heavy atom. The molecule has 1 atom stereocenters. The number of nitrogens with zero attached hydrogens (tertiary/aromatic N) is 4. The number of anilines is 1. The zero-order valence-electron chi connectivity index (χ0n) is 9.72. The van der Waals surface area contributed by atoms with Gasteiger partial charge in [-0.05, 0) is 17.7 Å². The third-order valence-electron chi connectivity index (χ3n) is 3.00. The van der Waals surface area contributed by atoms with Gasteiger partial charge in [0.25, 0.3) is 5.82 Å². The van der Waals surface area contributed by atoms with Crippen molar-refractivity contribution in [2.75, 3.05) is 11.9 Å². The highest BCUT2D eigenvalue weighted by molar-refractivity contribution is 5.31. The van der Waals surface area contributed by atoms with Gasteiger partial charge in [-0.2, -0.15) is 18.2 Å². The molecule has 5 nitrogen and oxygen atoms in total. The molecule has 0 spiro atoms. The van der Waals surface area contributed by atoms with Crippen molar-refractivity contribution in [2.24, 2.45) is 0 Å². The van der Waals surface area contributed by atoms with E-state index in [0.717, 1.165) is 5.56 Å². The van der Waals surface area contributed by atoms with Crippen LogP contribution in [0.1, 0.15) is 17.3 Å². The van der Waals surface area contributed by atoms with Crippen LogP contribution in [0.5, 0.6) is 0 Å². The molecule has 0 saturated carbocycles. The van der Waals surface area contributed by atoms with Gasteiger partial charge in [0.1, 0.15) is 0 Å². The second kappa shape index (κ2) is 4.22. The maximum absolute atomic E-state index is 12.5. The van der Waals surface area contributed by atoms with Crippen molar-refractivity contribution in [3.63, 3.8) is 0 Å². The summed E-state index contributed by atoms with van der Waals surface area (Å²) < 4.78 is 38.8. The molecular formula is C11H10F3N5. The quantitative estimate of drug-likeness (QED) is 0.859. The zero-order valence-corrected chi connectivity index (χ0v) is 9.72. The van der Waals surface area contributed by atoms with Crippen molar-refractivity contribution < 1.29 is 13.2 Å². The molecule has 0 fully saturated rings. The Labute approximate surface area is 106 Å². The zero-order chi connectivity index (χ0) is 13.5. The molecule has 1 aliphatic heterocycles. The number of fused-ring (bicyclic) bond motifs is 1. The predicted octanol–water partition coefficient (Wildman–Crippen LogP) is 1.90. The van der Waals surface area contributed by atoms with Crippen molar-refractivity contribution in [3.05, 3.63) is 35.9 Å². The van der Waals surface area contributed by atoms with Crippen molar-refractivity contribution in [3.8, 4) is 0 Å². The number of rotatable bonds is 1. The van der Waals surface area contributed by atoms with Gasteiger partial charge in [0.2, 0.25) is 5.95 Å². The van der Waals surface area contributed by atoms with E-state index in [1.54, 1.807) is 12.4 Å². The average Bonchev–Trinajstić information content (AvgIpc) is 2.82. The lowest BCUT2D eigenvalue weighted by Gasteiger charge is -2.23. The fraction of sp³-hybridized carbons (Fsp3) is 0.364. The molecule has 100 valence electrons. The smallest absolute Gasteiger partial charge is 0.354 e. The summed E-state index contributed by atoms with van der Waals surface area (Å²) in [6, 6.07) is 3.69. The molecule has 2 aromatic rings. The van der Waals surface area contributed by atoms with Gasteiger partial charge in [0.15, 0.2) is 0 Å². The fourth-order valence-corrected chi connectivity index (χ4v) is 2.07. The molecule has 0 aliphatic carbocycles. The van der Waals surface area contributed by atoms with Crippen molar-refractivity contribution in [2.45, 2.75) is 18.6 Å². The van der Waals surface area contributed by atoms with Gasteiger partial charge in [0.05, 0.1) is 6.54 Å². The number of hydrogen-bond donors (Lipinski definition) is 1. The molecule has 1 unspecified atom stereocenters. The summed E-state index contributed by atoms with van der Waals surface area (Å²) in [5.74, 6) is -0.888. The molecule has 3 heterocycles. The van der Waals surface area contributed by atoms with E-state index in [0.29, 0.717) is 13.1 Å². The first-order valence-electron chi connectivity index (χ1n) is 5.70. The van der Waals surface area contributed by atoms with E-state index in [9.17, 15) is 13.2 Å². The van der Waals surface area contributed by atoms with Crippen LogP contribution in [0, 0.1) is 0 Å². The standard InChI is InChI=1S/C11H10F3N5/c12-11(13,14)9-17-10-16-5-8(6-19(10)18-9)7-1-3-15-4-2-7/h1-4,8H,5-6H2,(H,16,17,18). The molecule has 0 bridgehead atoms. The largest absolute Gasteiger partial charge is 0.453 e. The Kier molecular flexibility index (Phi) is 2.65. The molecule has 0 radical (unpaired) electrons. The van der Waals surface area contributed by atoms with Gasteiger partial charge in [-0.25, -0.2) is 4.68 Å². The third-order valence-corrected chi connectivity index (χ3v) is 3.00. The van der Waals surface area contributed by atoms with Gasteiger partial charge in [-0.1, -0.05) is 0 Å². The normalized spacial score (nSPS) is 18.8. The van der Waals surface area contributed by atoms with E-state index < -0.39 is 12.0 Å². The molecule has 2 aromatic heterocycles. The van der Waals surface area contributed by atoms with Crippen LogP contribution in [0.3, 0.4) is 0 Å². The van der Waals surface area contributed by atoms with E-state index >= 15 is 0 Å². The number of pyridine rings is 1. The Hall–Kier alpha value is -2.12. The summed E-state index contributed by atoms with van der Waals surface area (Å²) >= 11 is 0. The van der Waals surface area contributed by atoms with Crippen LogP contribution >= 0.6 is 0 Å². The third kappa shape index (κ3) is 2.25. The molecular weight excluding hydrogens is 259 g/mol. The molecule has 8 heteroatoms.